The average Bonchev–Trinajstić information content (AvgIpc) is 2.75. The van der Waals surface area contributed by atoms with E-state index < -0.39 is 5.41 Å². The third-order valence-electron chi connectivity index (χ3n) is 3.03. The van der Waals surface area contributed by atoms with Gasteiger partial charge >= 0.3 is 0 Å². The second kappa shape index (κ2) is 7.33. The van der Waals surface area contributed by atoms with Crippen molar-refractivity contribution >= 4 is 11.3 Å². The number of rotatable bonds is 8. The molecule has 2 N–H and O–H groups in total. The first-order valence-corrected chi connectivity index (χ1v) is 7.54. The summed E-state index contributed by atoms with van der Waals surface area (Å²) in [4.78, 5) is 7.80. The second-order valence-corrected chi connectivity index (χ2v) is 7.32. The Morgan fingerprint density at radius 3 is 2.53 bits per heavy atom. The summed E-state index contributed by atoms with van der Waals surface area (Å²) in [7, 11) is 2.01. The lowest BCUT2D eigenvalue weighted by atomic mass is 9.92. The van der Waals surface area contributed by atoms with E-state index in [4.69, 9.17) is 0 Å². The van der Waals surface area contributed by atoms with E-state index in [1.807, 2.05) is 20.2 Å². The minimum Gasteiger partial charge on any atom is -0.396 e. The lowest BCUT2D eigenvalue weighted by molar-refractivity contribution is 0.0404. The molecule has 0 saturated heterocycles. The van der Waals surface area contributed by atoms with Crippen LogP contribution in [0.1, 0.15) is 30.7 Å². The molecule has 110 valence electrons. The van der Waals surface area contributed by atoms with Crippen molar-refractivity contribution in [3.63, 3.8) is 0 Å². The van der Waals surface area contributed by atoms with Crippen molar-refractivity contribution in [2.45, 2.75) is 33.7 Å². The summed E-state index contributed by atoms with van der Waals surface area (Å²) in [5.74, 6) is 0.629. The van der Waals surface area contributed by atoms with Gasteiger partial charge in [0.2, 0.25) is 0 Å². The van der Waals surface area contributed by atoms with Gasteiger partial charge in [0.1, 0.15) is 0 Å². The number of aliphatic hydroxyl groups is 2. The van der Waals surface area contributed by atoms with E-state index in [1.54, 1.807) is 11.3 Å². The monoisotopic (exact) mass is 286 g/mol. The third kappa shape index (κ3) is 5.57. The Labute approximate surface area is 120 Å². The van der Waals surface area contributed by atoms with Gasteiger partial charge in [-0.2, -0.15) is 0 Å². The standard InChI is InChI=1S/C14H26N2O2S/c1-11(2)5-13-15-6-12(19-13)7-16(4)8-14(3,9-17)10-18/h6,11,17-18H,5,7-10H2,1-4H3. The Bertz CT molecular complexity index is 375. The molecule has 0 spiro atoms. The molecule has 1 aromatic rings. The van der Waals surface area contributed by atoms with Crippen LogP contribution >= 0.6 is 11.3 Å². The molecule has 1 heterocycles. The van der Waals surface area contributed by atoms with Gasteiger partial charge in [0.15, 0.2) is 0 Å². The zero-order valence-electron chi connectivity index (χ0n) is 12.4. The van der Waals surface area contributed by atoms with Crippen LogP contribution in [0.2, 0.25) is 0 Å². The molecule has 4 nitrogen and oxygen atoms in total. The van der Waals surface area contributed by atoms with Crippen LogP contribution < -0.4 is 0 Å². The van der Waals surface area contributed by atoms with E-state index in [2.05, 4.69) is 23.7 Å². The minimum absolute atomic E-state index is 0.00483. The molecule has 0 saturated carbocycles. The molecule has 0 aliphatic heterocycles. The average molecular weight is 286 g/mol. The van der Waals surface area contributed by atoms with E-state index in [1.165, 1.54) is 9.88 Å². The lowest BCUT2D eigenvalue weighted by Gasteiger charge is -2.29. The molecule has 0 atom stereocenters. The van der Waals surface area contributed by atoms with E-state index >= 15 is 0 Å². The van der Waals surface area contributed by atoms with E-state index in [9.17, 15) is 10.2 Å². The predicted molar refractivity (Wildman–Crippen MR) is 79.3 cm³/mol. The van der Waals surface area contributed by atoms with Crippen molar-refractivity contribution in [3.05, 3.63) is 16.1 Å². The summed E-state index contributed by atoms with van der Waals surface area (Å²) in [5.41, 5.74) is -0.444. The first-order valence-electron chi connectivity index (χ1n) is 6.72. The van der Waals surface area contributed by atoms with Crippen molar-refractivity contribution in [2.75, 3.05) is 26.8 Å². The third-order valence-corrected chi connectivity index (χ3v) is 4.03. The van der Waals surface area contributed by atoms with Gasteiger partial charge in [0.25, 0.3) is 0 Å². The van der Waals surface area contributed by atoms with E-state index in [-0.39, 0.29) is 13.2 Å². The topological polar surface area (TPSA) is 56.6 Å². The molecule has 0 radical (unpaired) electrons. The molecule has 5 heteroatoms. The fourth-order valence-corrected chi connectivity index (χ4v) is 3.20. The maximum atomic E-state index is 9.31. The fraction of sp³-hybridized carbons (Fsp3) is 0.786. The van der Waals surface area contributed by atoms with Crippen molar-refractivity contribution in [3.8, 4) is 0 Å². The van der Waals surface area contributed by atoms with Gasteiger partial charge < -0.3 is 15.1 Å². The van der Waals surface area contributed by atoms with Gasteiger partial charge in [0.05, 0.1) is 18.2 Å². The summed E-state index contributed by atoms with van der Waals surface area (Å²) >= 11 is 1.75. The zero-order valence-corrected chi connectivity index (χ0v) is 13.2. The number of nitrogens with zero attached hydrogens (tertiary/aromatic N) is 2. The number of thiazole rings is 1. The summed E-state index contributed by atoms with van der Waals surface area (Å²) in [6.45, 7) is 7.75. The number of aromatic nitrogens is 1. The van der Waals surface area contributed by atoms with Gasteiger partial charge in [0, 0.05) is 36.0 Å². The van der Waals surface area contributed by atoms with Crippen molar-refractivity contribution in [1.82, 2.24) is 9.88 Å². The van der Waals surface area contributed by atoms with Gasteiger partial charge in [-0.25, -0.2) is 4.98 Å². The fourth-order valence-electron chi connectivity index (χ4n) is 1.99. The first-order chi connectivity index (χ1) is 8.88. The molecule has 19 heavy (non-hydrogen) atoms. The molecule has 0 amide bonds. The van der Waals surface area contributed by atoms with Crippen LogP contribution in [-0.4, -0.2) is 46.9 Å². The Kier molecular flexibility index (Phi) is 6.39. The normalized spacial score (nSPS) is 12.6. The molecule has 0 bridgehead atoms. The SMILES string of the molecule is CC(C)Cc1ncc(CN(C)CC(C)(CO)CO)s1. The first kappa shape index (κ1) is 16.6. The van der Waals surface area contributed by atoms with Crippen LogP contribution in [0.15, 0.2) is 6.20 Å². The maximum Gasteiger partial charge on any atom is 0.0930 e. The molecule has 0 aromatic carbocycles. The van der Waals surface area contributed by atoms with Crippen LogP contribution in [-0.2, 0) is 13.0 Å². The summed E-state index contributed by atoms with van der Waals surface area (Å²) in [6.07, 6.45) is 2.97. The Morgan fingerprint density at radius 2 is 2.00 bits per heavy atom. The van der Waals surface area contributed by atoms with E-state index in [0.717, 1.165) is 13.0 Å². The molecule has 0 fully saturated rings. The van der Waals surface area contributed by atoms with Crippen LogP contribution in [0.25, 0.3) is 0 Å². The smallest absolute Gasteiger partial charge is 0.0930 e. The highest BCUT2D eigenvalue weighted by Crippen LogP contribution is 2.20. The van der Waals surface area contributed by atoms with Crippen LogP contribution in [0.4, 0.5) is 0 Å². The zero-order chi connectivity index (χ0) is 14.5. The highest BCUT2D eigenvalue weighted by atomic mass is 32.1. The molecule has 1 aromatic heterocycles. The molecular formula is C14H26N2O2S. The van der Waals surface area contributed by atoms with E-state index in [0.29, 0.717) is 12.5 Å². The largest absolute Gasteiger partial charge is 0.396 e. The lowest BCUT2D eigenvalue weighted by Crippen LogP contribution is -2.38. The maximum absolute atomic E-state index is 9.31. The Balaban J connectivity index is 2.52. The summed E-state index contributed by atoms with van der Waals surface area (Å²) < 4.78 is 0. The quantitative estimate of drug-likeness (QED) is 0.764. The van der Waals surface area contributed by atoms with Crippen molar-refractivity contribution < 1.29 is 10.2 Å². The second-order valence-electron chi connectivity index (χ2n) is 6.12. The summed E-state index contributed by atoms with van der Waals surface area (Å²) in [5, 5.41) is 19.8. The molecule has 1 rings (SSSR count). The molecule has 0 aliphatic rings. The number of hydrogen-bond acceptors (Lipinski definition) is 5. The summed E-state index contributed by atoms with van der Waals surface area (Å²) in [6, 6.07) is 0. The predicted octanol–water partition coefficient (Wildman–Crippen LogP) is 1.76. The van der Waals surface area contributed by atoms with Gasteiger partial charge in [-0.1, -0.05) is 20.8 Å². The highest BCUT2D eigenvalue weighted by molar-refractivity contribution is 7.11. The van der Waals surface area contributed by atoms with Crippen LogP contribution in [0.5, 0.6) is 0 Å². The highest BCUT2D eigenvalue weighted by Gasteiger charge is 2.24. The Hall–Kier alpha value is -0.490. The van der Waals surface area contributed by atoms with Crippen LogP contribution in [0.3, 0.4) is 0 Å². The number of hydrogen-bond donors (Lipinski definition) is 2. The van der Waals surface area contributed by atoms with Gasteiger partial charge in [-0.05, 0) is 13.0 Å². The molecule has 0 unspecified atom stereocenters. The van der Waals surface area contributed by atoms with Crippen LogP contribution in [0, 0.1) is 11.3 Å². The number of aliphatic hydroxyl groups excluding tert-OH is 2. The van der Waals surface area contributed by atoms with Crippen molar-refractivity contribution in [2.24, 2.45) is 11.3 Å². The molecular weight excluding hydrogens is 260 g/mol. The van der Waals surface area contributed by atoms with Gasteiger partial charge in [-0.15, -0.1) is 11.3 Å². The minimum atomic E-state index is -0.444. The van der Waals surface area contributed by atoms with Gasteiger partial charge in [-0.3, -0.25) is 0 Å². The van der Waals surface area contributed by atoms with Crippen molar-refractivity contribution in [1.29, 1.82) is 0 Å². The Morgan fingerprint density at radius 1 is 1.37 bits per heavy atom. The molecule has 0 aliphatic carbocycles.